The van der Waals surface area contributed by atoms with E-state index in [0.717, 1.165) is 43.3 Å². The number of amides is 1. The summed E-state index contributed by atoms with van der Waals surface area (Å²) in [6.45, 7) is 10.8. The van der Waals surface area contributed by atoms with Gasteiger partial charge >= 0.3 is 0 Å². The van der Waals surface area contributed by atoms with Crippen LogP contribution in [0.25, 0.3) is 0 Å². The lowest BCUT2D eigenvalue weighted by Crippen LogP contribution is -2.35. The summed E-state index contributed by atoms with van der Waals surface area (Å²) in [5.74, 6) is 1.60. The predicted octanol–water partition coefficient (Wildman–Crippen LogP) is 5.61. The molecule has 0 unspecified atom stereocenters. The van der Waals surface area contributed by atoms with Gasteiger partial charge in [0.1, 0.15) is 18.1 Å². The molecule has 2 aromatic heterocycles. The molecule has 176 valence electrons. The average Bonchev–Trinajstić information content (AvgIpc) is 3.39. The smallest absolute Gasteiger partial charge is 0.289 e. The van der Waals surface area contributed by atoms with E-state index in [1.165, 1.54) is 0 Å². The number of rotatable bonds is 6. The summed E-state index contributed by atoms with van der Waals surface area (Å²) in [5, 5.41) is 3.98. The van der Waals surface area contributed by atoms with Gasteiger partial charge in [-0.3, -0.25) is 9.69 Å². The van der Waals surface area contributed by atoms with Crippen molar-refractivity contribution < 1.29 is 13.9 Å². The molecule has 1 aromatic carbocycles. The number of benzene rings is 1. The first-order chi connectivity index (χ1) is 15.8. The number of halogens is 1. The average molecular weight is 488 g/mol. The Labute approximate surface area is 204 Å². The number of aromatic nitrogens is 1. The summed E-state index contributed by atoms with van der Waals surface area (Å²) in [5.41, 5.74) is 1.19. The Kier molecular flexibility index (Phi) is 7.41. The minimum Gasteiger partial charge on any atom is -0.486 e. The first-order valence-electron chi connectivity index (χ1n) is 11.2. The van der Waals surface area contributed by atoms with E-state index in [1.807, 2.05) is 4.90 Å². The van der Waals surface area contributed by atoms with Crippen LogP contribution in [-0.2, 0) is 18.6 Å². The van der Waals surface area contributed by atoms with Gasteiger partial charge in [-0.2, -0.15) is 0 Å². The standard InChI is InChI=1S/C25H30ClN3O3S/c1-25(2,3)24-27-19(17-33-24)15-28-11-4-12-29(14-13-28)23(30)22-10-9-21(32-22)16-31-20-7-5-18(26)6-8-20/h5-10,17H,4,11-16H2,1-3H3. The van der Waals surface area contributed by atoms with E-state index in [1.54, 1.807) is 47.7 Å². The molecule has 1 fully saturated rings. The fraction of sp³-hybridized carbons (Fsp3) is 0.440. The summed E-state index contributed by atoms with van der Waals surface area (Å²) in [4.78, 5) is 22.1. The van der Waals surface area contributed by atoms with Crippen molar-refractivity contribution in [2.45, 2.75) is 45.8 Å². The predicted molar refractivity (Wildman–Crippen MR) is 131 cm³/mol. The molecule has 0 aliphatic carbocycles. The van der Waals surface area contributed by atoms with Crippen molar-refractivity contribution in [1.82, 2.24) is 14.8 Å². The maximum atomic E-state index is 13.0. The molecule has 1 aliphatic rings. The molecule has 0 radical (unpaired) electrons. The van der Waals surface area contributed by atoms with E-state index < -0.39 is 0 Å². The number of carbonyl (C=O) groups excluding carboxylic acids is 1. The number of ether oxygens (including phenoxy) is 1. The molecule has 6 nitrogen and oxygen atoms in total. The van der Waals surface area contributed by atoms with Crippen LogP contribution in [0.3, 0.4) is 0 Å². The van der Waals surface area contributed by atoms with Crippen LogP contribution in [0, 0.1) is 0 Å². The molecule has 1 aliphatic heterocycles. The molecule has 0 saturated carbocycles. The summed E-state index contributed by atoms with van der Waals surface area (Å²) >= 11 is 7.62. The molecule has 3 aromatic rings. The highest BCUT2D eigenvalue weighted by molar-refractivity contribution is 7.09. The highest BCUT2D eigenvalue weighted by Crippen LogP contribution is 2.26. The van der Waals surface area contributed by atoms with E-state index in [4.69, 9.17) is 25.7 Å². The van der Waals surface area contributed by atoms with Crippen LogP contribution in [0.2, 0.25) is 5.02 Å². The van der Waals surface area contributed by atoms with Gasteiger partial charge in [-0.25, -0.2) is 4.98 Å². The summed E-state index contributed by atoms with van der Waals surface area (Å²) in [7, 11) is 0. The minimum atomic E-state index is -0.0710. The Balaban J connectivity index is 1.29. The molecule has 0 atom stereocenters. The first-order valence-corrected chi connectivity index (χ1v) is 12.5. The third-order valence-corrected chi connectivity index (χ3v) is 7.09. The maximum Gasteiger partial charge on any atom is 0.289 e. The van der Waals surface area contributed by atoms with Crippen LogP contribution in [0.5, 0.6) is 5.75 Å². The monoisotopic (exact) mass is 487 g/mol. The molecule has 0 N–H and O–H groups in total. The molecule has 8 heteroatoms. The Bertz CT molecular complexity index is 1070. The second kappa shape index (κ2) is 10.3. The third kappa shape index (κ3) is 6.37. The van der Waals surface area contributed by atoms with Crippen LogP contribution >= 0.6 is 22.9 Å². The first kappa shape index (κ1) is 23.8. The van der Waals surface area contributed by atoms with Crippen LogP contribution in [0.1, 0.15) is 54.2 Å². The second-order valence-electron chi connectivity index (χ2n) is 9.32. The number of hydrogen-bond donors (Lipinski definition) is 0. The van der Waals surface area contributed by atoms with Gasteiger partial charge in [0.05, 0.1) is 10.7 Å². The molecule has 4 rings (SSSR count). The normalized spacial score (nSPS) is 15.5. The Morgan fingerprint density at radius 3 is 2.64 bits per heavy atom. The van der Waals surface area contributed by atoms with E-state index in [-0.39, 0.29) is 17.9 Å². The quantitative estimate of drug-likeness (QED) is 0.452. The lowest BCUT2D eigenvalue weighted by molar-refractivity contribution is 0.0725. The zero-order valence-electron chi connectivity index (χ0n) is 19.3. The molecular formula is C25H30ClN3O3S. The SMILES string of the molecule is CC(C)(C)c1nc(CN2CCCN(C(=O)c3ccc(COc4ccc(Cl)cc4)o3)CC2)cs1. The lowest BCUT2D eigenvalue weighted by Gasteiger charge is -2.21. The van der Waals surface area contributed by atoms with Crippen LogP contribution in [0.4, 0.5) is 0 Å². The van der Waals surface area contributed by atoms with Gasteiger partial charge in [0.2, 0.25) is 0 Å². The minimum absolute atomic E-state index is 0.0710. The molecule has 1 amide bonds. The molecular weight excluding hydrogens is 458 g/mol. The fourth-order valence-electron chi connectivity index (χ4n) is 3.70. The van der Waals surface area contributed by atoms with Gasteiger partial charge in [-0.05, 0) is 42.8 Å². The van der Waals surface area contributed by atoms with E-state index in [9.17, 15) is 4.79 Å². The third-order valence-electron chi connectivity index (χ3n) is 5.52. The van der Waals surface area contributed by atoms with E-state index in [2.05, 4.69) is 31.1 Å². The Hall–Kier alpha value is -2.35. The molecule has 0 bridgehead atoms. The van der Waals surface area contributed by atoms with Crippen molar-refractivity contribution in [3.05, 3.63) is 69.0 Å². The Morgan fingerprint density at radius 2 is 1.91 bits per heavy atom. The highest BCUT2D eigenvalue weighted by atomic mass is 35.5. The Morgan fingerprint density at radius 1 is 1.12 bits per heavy atom. The van der Waals surface area contributed by atoms with Crippen molar-refractivity contribution in [3.8, 4) is 5.75 Å². The molecule has 1 saturated heterocycles. The molecule has 0 spiro atoms. The van der Waals surface area contributed by atoms with E-state index in [0.29, 0.717) is 28.8 Å². The summed E-state index contributed by atoms with van der Waals surface area (Å²) in [6.07, 6.45) is 0.926. The zero-order chi connectivity index (χ0) is 23.4. The number of nitrogens with zero attached hydrogens (tertiary/aromatic N) is 3. The summed E-state index contributed by atoms with van der Waals surface area (Å²) < 4.78 is 11.5. The number of carbonyl (C=O) groups is 1. The van der Waals surface area contributed by atoms with Crippen LogP contribution < -0.4 is 4.74 Å². The topological polar surface area (TPSA) is 58.8 Å². The highest BCUT2D eigenvalue weighted by Gasteiger charge is 2.24. The largest absolute Gasteiger partial charge is 0.486 e. The van der Waals surface area contributed by atoms with Crippen molar-refractivity contribution >= 4 is 28.8 Å². The summed E-state index contributed by atoms with van der Waals surface area (Å²) in [6, 6.07) is 10.7. The molecule has 3 heterocycles. The van der Waals surface area contributed by atoms with Crippen LogP contribution in [0.15, 0.2) is 46.2 Å². The van der Waals surface area contributed by atoms with Gasteiger partial charge in [-0.1, -0.05) is 32.4 Å². The van der Waals surface area contributed by atoms with Crippen molar-refractivity contribution in [1.29, 1.82) is 0 Å². The van der Waals surface area contributed by atoms with Gasteiger partial charge in [0, 0.05) is 48.5 Å². The van der Waals surface area contributed by atoms with Gasteiger partial charge in [0.25, 0.3) is 5.91 Å². The molecule has 33 heavy (non-hydrogen) atoms. The zero-order valence-corrected chi connectivity index (χ0v) is 20.9. The van der Waals surface area contributed by atoms with Gasteiger partial charge in [0.15, 0.2) is 5.76 Å². The van der Waals surface area contributed by atoms with Crippen molar-refractivity contribution in [2.24, 2.45) is 0 Å². The second-order valence-corrected chi connectivity index (χ2v) is 10.6. The number of hydrogen-bond acceptors (Lipinski definition) is 6. The maximum absolute atomic E-state index is 13.0. The van der Waals surface area contributed by atoms with Crippen molar-refractivity contribution in [3.63, 3.8) is 0 Å². The van der Waals surface area contributed by atoms with Gasteiger partial charge < -0.3 is 14.1 Å². The van der Waals surface area contributed by atoms with Crippen LogP contribution in [-0.4, -0.2) is 46.9 Å². The fourth-order valence-corrected chi connectivity index (χ4v) is 4.72. The number of furan rings is 1. The van der Waals surface area contributed by atoms with E-state index >= 15 is 0 Å². The van der Waals surface area contributed by atoms with Crippen molar-refractivity contribution in [2.75, 3.05) is 26.2 Å². The number of thiazole rings is 1. The lowest BCUT2D eigenvalue weighted by atomic mass is 9.98. The van der Waals surface area contributed by atoms with Gasteiger partial charge in [-0.15, -0.1) is 11.3 Å².